The molecule has 3 nitrogen and oxygen atoms in total. The van der Waals surface area contributed by atoms with Crippen LogP contribution in [0.4, 0.5) is 0 Å². The van der Waals surface area contributed by atoms with E-state index in [1.54, 1.807) is 0 Å². The van der Waals surface area contributed by atoms with Gasteiger partial charge in [-0.3, -0.25) is 9.69 Å². The molecule has 3 aliphatic rings. The molecule has 0 radical (unpaired) electrons. The third-order valence-electron chi connectivity index (χ3n) is 5.23. The number of carbonyl (C=O) groups excluding carboxylic acids is 1. The molecule has 0 bridgehead atoms. The molecule has 0 spiro atoms. The number of amides is 1. The molecule has 0 aromatic heterocycles. The Morgan fingerprint density at radius 2 is 1.75 bits per heavy atom. The van der Waals surface area contributed by atoms with Gasteiger partial charge < -0.3 is 4.90 Å². The summed E-state index contributed by atoms with van der Waals surface area (Å²) < 4.78 is 0. The van der Waals surface area contributed by atoms with E-state index in [0.717, 1.165) is 32.4 Å². The van der Waals surface area contributed by atoms with E-state index in [1.165, 1.54) is 45.2 Å². The zero-order chi connectivity index (χ0) is 13.8. The fourth-order valence-corrected chi connectivity index (χ4v) is 4.00. The van der Waals surface area contributed by atoms with Gasteiger partial charge in [0.1, 0.15) is 0 Å². The van der Waals surface area contributed by atoms with E-state index in [9.17, 15) is 4.79 Å². The minimum atomic E-state index is 0.261. The lowest BCUT2D eigenvalue weighted by molar-refractivity contribution is -0.136. The van der Waals surface area contributed by atoms with E-state index in [0.29, 0.717) is 11.9 Å². The highest BCUT2D eigenvalue weighted by molar-refractivity contribution is 5.79. The van der Waals surface area contributed by atoms with Gasteiger partial charge in [-0.15, -0.1) is 0 Å². The highest BCUT2D eigenvalue weighted by Crippen LogP contribution is 2.25. The Hall–Kier alpha value is -0.830. The van der Waals surface area contributed by atoms with Crippen molar-refractivity contribution in [1.82, 2.24) is 9.80 Å². The van der Waals surface area contributed by atoms with Crippen LogP contribution in [0.5, 0.6) is 0 Å². The molecule has 0 aromatic rings. The third-order valence-corrected chi connectivity index (χ3v) is 5.23. The summed E-state index contributed by atoms with van der Waals surface area (Å²) in [6.07, 6.45) is 14.0. The summed E-state index contributed by atoms with van der Waals surface area (Å²) >= 11 is 0. The number of likely N-dealkylation sites (tertiary alicyclic amines) is 2. The average molecular weight is 276 g/mol. The zero-order valence-corrected chi connectivity index (χ0v) is 12.6. The lowest BCUT2D eigenvalue weighted by atomic mass is 9.93. The molecule has 0 N–H and O–H groups in total. The van der Waals surface area contributed by atoms with Crippen LogP contribution in [0.15, 0.2) is 12.2 Å². The number of carbonyl (C=O) groups is 1. The van der Waals surface area contributed by atoms with Crippen molar-refractivity contribution in [2.24, 2.45) is 5.92 Å². The molecule has 112 valence electrons. The summed E-state index contributed by atoms with van der Waals surface area (Å²) in [4.78, 5) is 17.6. The summed E-state index contributed by atoms with van der Waals surface area (Å²) in [5, 5.41) is 0. The molecule has 3 rings (SSSR count). The molecular formula is C17H28N2O. The first kappa shape index (κ1) is 14.1. The van der Waals surface area contributed by atoms with Gasteiger partial charge in [0.05, 0.1) is 0 Å². The predicted octanol–water partition coefficient (Wildman–Crippen LogP) is 2.82. The van der Waals surface area contributed by atoms with Gasteiger partial charge in [-0.05, 0) is 58.0 Å². The van der Waals surface area contributed by atoms with E-state index in [1.807, 2.05) is 0 Å². The van der Waals surface area contributed by atoms with Crippen LogP contribution in [0.2, 0.25) is 0 Å². The first-order chi connectivity index (χ1) is 9.84. The molecule has 1 aliphatic carbocycles. The van der Waals surface area contributed by atoms with Crippen LogP contribution in [0.1, 0.15) is 51.4 Å². The molecule has 2 saturated heterocycles. The second-order valence-corrected chi connectivity index (χ2v) is 6.66. The van der Waals surface area contributed by atoms with Gasteiger partial charge in [-0.25, -0.2) is 0 Å². The van der Waals surface area contributed by atoms with Crippen molar-refractivity contribution in [1.29, 1.82) is 0 Å². The average Bonchev–Trinajstić information content (AvgIpc) is 2.92. The first-order valence-corrected chi connectivity index (χ1v) is 8.52. The Labute approximate surface area is 123 Å². The van der Waals surface area contributed by atoms with E-state index < -0.39 is 0 Å². The van der Waals surface area contributed by atoms with Crippen LogP contribution in [0, 0.1) is 5.92 Å². The molecule has 2 atom stereocenters. The Morgan fingerprint density at radius 1 is 0.950 bits per heavy atom. The first-order valence-electron chi connectivity index (χ1n) is 8.52. The number of nitrogens with zero attached hydrogens (tertiary/aromatic N) is 2. The van der Waals surface area contributed by atoms with Crippen LogP contribution < -0.4 is 0 Å². The van der Waals surface area contributed by atoms with Gasteiger partial charge >= 0.3 is 0 Å². The van der Waals surface area contributed by atoms with E-state index in [4.69, 9.17) is 0 Å². The smallest absolute Gasteiger partial charge is 0.226 e. The van der Waals surface area contributed by atoms with Gasteiger partial charge in [-0.2, -0.15) is 0 Å². The molecule has 20 heavy (non-hydrogen) atoms. The van der Waals surface area contributed by atoms with E-state index >= 15 is 0 Å². The Morgan fingerprint density at radius 3 is 2.50 bits per heavy atom. The largest absolute Gasteiger partial charge is 0.341 e. The Kier molecular flexibility index (Phi) is 4.77. The summed E-state index contributed by atoms with van der Waals surface area (Å²) in [6.45, 7) is 4.47. The molecule has 2 heterocycles. The Balaban J connectivity index is 1.61. The van der Waals surface area contributed by atoms with Gasteiger partial charge in [0.15, 0.2) is 0 Å². The zero-order valence-electron chi connectivity index (χ0n) is 12.6. The van der Waals surface area contributed by atoms with Crippen molar-refractivity contribution < 1.29 is 4.79 Å². The number of hydrogen-bond acceptors (Lipinski definition) is 2. The maximum Gasteiger partial charge on any atom is 0.226 e. The third kappa shape index (κ3) is 3.25. The fraction of sp³-hybridized carbons (Fsp3) is 0.824. The molecule has 2 aliphatic heterocycles. The SMILES string of the molecule is O=C([C@@H]1CC=CCC1)N1CCCC[C@@H](N2CCCC2)C1. The van der Waals surface area contributed by atoms with Crippen LogP contribution in [0.3, 0.4) is 0 Å². The van der Waals surface area contributed by atoms with Crippen molar-refractivity contribution in [3.05, 3.63) is 12.2 Å². The molecule has 2 fully saturated rings. The van der Waals surface area contributed by atoms with E-state index in [-0.39, 0.29) is 5.92 Å². The fourth-order valence-electron chi connectivity index (χ4n) is 4.00. The van der Waals surface area contributed by atoms with Crippen molar-refractivity contribution >= 4 is 5.91 Å². The summed E-state index contributed by atoms with van der Waals surface area (Å²) in [6, 6.07) is 0.628. The van der Waals surface area contributed by atoms with Crippen molar-refractivity contribution in [3.63, 3.8) is 0 Å². The number of allylic oxidation sites excluding steroid dienone is 2. The lowest BCUT2D eigenvalue weighted by Crippen LogP contribution is -2.45. The summed E-state index contributed by atoms with van der Waals surface area (Å²) in [7, 11) is 0. The normalized spacial score (nSPS) is 32.3. The topological polar surface area (TPSA) is 23.6 Å². The summed E-state index contributed by atoms with van der Waals surface area (Å²) in [5.41, 5.74) is 0. The number of rotatable bonds is 2. The van der Waals surface area contributed by atoms with E-state index in [2.05, 4.69) is 22.0 Å². The monoisotopic (exact) mass is 276 g/mol. The second kappa shape index (κ2) is 6.75. The minimum Gasteiger partial charge on any atom is -0.341 e. The molecule has 0 unspecified atom stereocenters. The van der Waals surface area contributed by atoms with Gasteiger partial charge in [0, 0.05) is 25.0 Å². The lowest BCUT2D eigenvalue weighted by Gasteiger charge is -2.33. The van der Waals surface area contributed by atoms with Crippen molar-refractivity contribution in [3.8, 4) is 0 Å². The molecule has 3 heteroatoms. The van der Waals surface area contributed by atoms with Crippen LogP contribution in [-0.2, 0) is 4.79 Å². The van der Waals surface area contributed by atoms with Crippen LogP contribution >= 0.6 is 0 Å². The van der Waals surface area contributed by atoms with Gasteiger partial charge in [0.2, 0.25) is 5.91 Å². The van der Waals surface area contributed by atoms with Crippen LogP contribution in [0.25, 0.3) is 0 Å². The quantitative estimate of drug-likeness (QED) is 0.724. The maximum absolute atomic E-state index is 12.7. The Bertz CT molecular complexity index is 360. The molecular weight excluding hydrogens is 248 g/mol. The highest BCUT2D eigenvalue weighted by atomic mass is 16.2. The molecule has 0 saturated carbocycles. The predicted molar refractivity (Wildman–Crippen MR) is 81.5 cm³/mol. The van der Waals surface area contributed by atoms with Crippen molar-refractivity contribution in [2.45, 2.75) is 57.4 Å². The number of hydrogen-bond donors (Lipinski definition) is 0. The summed E-state index contributed by atoms with van der Waals surface area (Å²) in [5.74, 6) is 0.692. The van der Waals surface area contributed by atoms with Gasteiger partial charge in [-0.1, -0.05) is 18.6 Å². The van der Waals surface area contributed by atoms with Crippen LogP contribution in [-0.4, -0.2) is 47.9 Å². The standard InChI is InChI=1S/C17H28N2O/c20-17(15-8-2-1-3-9-15)19-13-5-4-10-16(14-19)18-11-6-7-12-18/h1-2,15-16H,3-14H2/t15-,16-/m1/s1. The van der Waals surface area contributed by atoms with Crippen molar-refractivity contribution in [2.75, 3.05) is 26.2 Å². The second-order valence-electron chi connectivity index (χ2n) is 6.66. The minimum absolute atomic E-state index is 0.261. The highest BCUT2D eigenvalue weighted by Gasteiger charge is 2.30. The molecule has 1 amide bonds. The maximum atomic E-state index is 12.7. The van der Waals surface area contributed by atoms with Gasteiger partial charge in [0.25, 0.3) is 0 Å². The molecule has 0 aromatic carbocycles.